The topological polar surface area (TPSA) is 121 Å². The molecule has 3 aromatic rings. The Kier molecular flexibility index (Phi) is 10.2. The molecule has 0 aliphatic rings. The van der Waals surface area contributed by atoms with E-state index in [0.29, 0.717) is 27.7 Å². The van der Waals surface area contributed by atoms with E-state index in [4.69, 9.17) is 23.2 Å². The number of rotatable bonds is 7. The van der Waals surface area contributed by atoms with Crippen molar-refractivity contribution in [3.05, 3.63) is 80.2 Å². The fourth-order valence-electron chi connectivity index (χ4n) is 3.49. The Morgan fingerprint density at radius 2 is 1.77 bits per heavy atom. The number of nitrogens with zero attached hydrogens (tertiary/aromatic N) is 1. The number of pyridine rings is 1. The number of benzene rings is 2. The number of aliphatic carboxylic acids is 1. The number of aromatic nitrogens is 1. The summed E-state index contributed by atoms with van der Waals surface area (Å²) in [6.07, 6.45) is 1.08. The fraction of sp³-hybridized carbons (Fsp3) is 0.208. The molecule has 1 heterocycles. The first-order valence-corrected chi connectivity index (χ1v) is 11.1. The van der Waals surface area contributed by atoms with Crippen LogP contribution in [0.2, 0.25) is 10.0 Å². The summed E-state index contributed by atoms with van der Waals surface area (Å²) >= 11 is 12.1. The van der Waals surface area contributed by atoms with E-state index in [0.717, 1.165) is 11.1 Å². The number of carboxylic acid groups (broad SMARTS) is 1. The number of carbonyl (C=O) groups excluding carboxylic acids is 1. The van der Waals surface area contributed by atoms with Crippen molar-refractivity contribution >= 4 is 70.4 Å². The third-order valence-corrected chi connectivity index (χ3v) is 5.98. The van der Waals surface area contributed by atoms with Crippen molar-refractivity contribution in [3.8, 4) is 16.9 Å². The molecule has 0 saturated carbocycles. The van der Waals surface area contributed by atoms with E-state index in [1.807, 2.05) is 6.07 Å². The van der Waals surface area contributed by atoms with Gasteiger partial charge in [-0.2, -0.15) is 0 Å². The van der Waals surface area contributed by atoms with Crippen LogP contribution in [-0.4, -0.2) is 56.3 Å². The van der Waals surface area contributed by atoms with Crippen LogP contribution in [0.1, 0.15) is 30.5 Å². The Morgan fingerprint density at radius 1 is 1.09 bits per heavy atom. The van der Waals surface area contributed by atoms with Gasteiger partial charge >= 0.3 is 41.6 Å². The van der Waals surface area contributed by atoms with Crippen molar-refractivity contribution in [2.24, 2.45) is 0 Å². The molecule has 0 saturated heterocycles. The average molecular weight is 528 g/mol. The Morgan fingerprint density at radius 3 is 2.40 bits per heavy atom. The second-order valence-corrected chi connectivity index (χ2v) is 8.44. The van der Waals surface area contributed by atoms with E-state index in [2.05, 4.69) is 10.6 Å². The molecule has 35 heavy (non-hydrogen) atoms. The summed E-state index contributed by atoms with van der Waals surface area (Å²) in [5, 5.41) is 25.4. The summed E-state index contributed by atoms with van der Waals surface area (Å²) in [4.78, 5) is 36.8. The number of anilines is 1. The van der Waals surface area contributed by atoms with Gasteiger partial charge in [0.2, 0.25) is 0 Å². The molecule has 4 N–H and O–H groups in total. The number of halogens is 2. The number of nitrogens with one attached hydrogen (secondary N) is 2. The zero-order valence-corrected chi connectivity index (χ0v) is 19.9. The number of aryl methyl sites for hydroxylation is 2. The maximum atomic E-state index is 12.7. The van der Waals surface area contributed by atoms with Crippen molar-refractivity contribution in [1.29, 1.82) is 0 Å². The van der Waals surface area contributed by atoms with Gasteiger partial charge in [0.15, 0.2) is 5.69 Å². The molecule has 0 spiro atoms. The Bertz CT molecular complexity index is 1310. The molecule has 0 radical (unpaired) electrons. The molecule has 0 fully saturated rings. The molecule has 1 aromatic heterocycles. The number of urea groups is 1. The van der Waals surface area contributed by atoms with Crippen LogP contribution in [0.15, 0.2) is 53.5 Å². The normalized spacial score (nSPS) is 11.3. The van der Waals surface area contributed by atoms with Crippen molar-refractivity contribution in [1.82, 2.24) is 9.88 Å². The second kappa shape index (κ2) is 12.5. The first-order chi connectivity index (χ1) is 16.1. The van der Waals surface area contributed by atoms with Crippen LogP contribution in [0.25, 0.3) is 11.1 Å². The van der Waals surface area contributed by atoms with E-state index in [1.54, 1.807) is 50.2 Å². The van der Waals surface area contributed by atoms with Gasteiger partial charge in [0.1, 0.15) is 5.75 Å². The summed E-state index contributed by atoms with van der Waals surface area (Å²) in [6.45, 7) is 3.71. The summed E-state index contributed by atoms with van der Waals surface area (Å²) in [5.41, 5.74) is 1.60. The van der Waals surface area contributed by atoms with E-state index in [9.17, 15) is 24.6 Å². The zero-order valence-electron chi connectivity index (χ0n) is 18.4. The van der Waals surface area contributed by atoms with Crippen LogP contribution >= 0.6 is 23.2 Å². The molecule has 1 atom stereocenters. The van der Waals surface area contributed by atoms with Gasteiger partial charge in [-0.3, -0.25) is 9.59 Å². The first-order valence-electron chi connectivity index (χ1n) is 10.4. The van der Waals surface area contributed by atoms with E-state index in [1.165, 1.54) is 10.8 Å². The van der Waals surface area contributed by atoms with Gasteiger partial charge in [-0.25, -0.2) is 4.79 Å². The minimum atomic E-state index is -1.13. The minimum absolute atomic E-state index is 0. The summed E-state index contributed by atoms with van der Waals surface area (Å²) < 4.78 is 1.35. The van der Waals surface area contributed by atoms with Crippen molar-refractivity contribution < 1.29 is 19.8 Å². The van der Waals surface area contributed by atoms with Crippen LogP contribution in [0, 0.1) is 6.92 Å². The Balaban J connectivity index is 0.00000432. The third kappa shape index (κ3) is 7.02. The van der Waals surface area contributed by atoms with E-state index < -0.39 is 30.0 Å². The Labute approximate surface area is 234 Å². The van der Waals surface area contributed by atoms with Crippen LogP contribution in [0.5, 0.6) is 5.75 Å². The van der Waals surface area contributed by atoms with Crippen LogP contribution in [0.3, 0.4) is 0 Å². The van der Waals surface area contributed by atoms with Gasteiger partial charge in [-0.05, 0) is 48.7 Å². The van der Waals surface area contributed by atoms with E-state index in [-0.39, 0.29) is 41.0 Å². The van der Waals surface area contributed by atoms with Gasteiger partial charge in [0, 0.05) is 18.3 Å². The van der Waals surface area contributed by atoms with Gasteiger partial charge < -0.3 is 25.4 Å². The monoisotopic (exact) mass is 527 g/mol. The molecular weight excluding hydrogens is 504 g/mol. The van der Waals surface area contributed by atoms with Crippen LogP contribution in [-0.2, 0) is 11.3 Å². The second-order valence-electron chi connectivity index (χ2n) is 7.63. The number of amides is 2. The maximum absolute atomic E-state index is 12.7. The van der Waals surface area contributed by atoms with Crippen molar-refractivity contribution in [2.75, 3.05) is 5.32 Å². The first kappa shape index (κ1) is 28.7. The number of aromatic hydroxyl groups is 1. The van der Waals surface area contributed by atoms with Gasteiger partial charge in [-0.15, -0.1) is 0 Å². The van der Waals surface area contributed by atoms with Crippen LogP contribution in [0.4, 0.5) is 10.5 Å². The SMILES string of the molecule is CCn1cc(C)c(O)c(NC(=O)NC(CC(=O)O)c2cccc(-c3ccc(Cl)c(Cl)c3)c2)c1=O.[NaH]. The molecule has 1 unspecified atom stereocenters. The zero-order chi connectivity index (χ0) is 25.0. The standard InChI is InChI=1S/C24H23Cl2N3O5.Na.H/c1-3-29-12-13(2)22(32)21(23(29)33)28-24(34)27-19(11-20(30)31)16-6-4-5-14(9-16)15-7-8-17(25)18(26)10-15;;/h4-10,12,19,32H,3,11H2,1-2H3,(H,30,31)(H2,27,28,34);;. The van der Waals surface area contributed by atoms with E-state index >= 15 is 0 Å². The molecule has 0 aliphatic heterocycles. The van der Waals surface area contributed by atoms with Crippen molar-refractivity contribution in [3.63, 3.8) is 0 Å². The predicted molar refractivity (Wildman–Crippen MR) is 139 cm³/mol. The predicted octanol–water partition coefficient (Wildman–Crippen LogP) is 4.55. The number of hydrogen-bond acceptors (Lipinski definition) is 4. The molecule has 8 nitrogen and oxygen atoms in total. The third-order valence-electron chi connectivity index (χ3n) is 5.24. The molecule has 0 aliphatic carbocycles. The molecule has 180 valence electrons. The number of hydrogen-bond donors (Lipinski definition) is 4. The average Bonchev–Trinajstić information content (AvgIpc) is 2.80. The van der Waals surface area contributed by atoms with Crippen molar-refractivity contribution in [2.45, 2.75) is 32.9 Å². The molecule has 11 heteroatoms. The number of carboxylic acids is 1. The Hall–Kier alpha value is -2.49. The molecule has 0 bridgehead atoms. The number of carbonyl (C=O) groups is 2. The molecular formula is C24H24Cl2N3NaO5. The van der Waals surface area contributed by atoms with Crippen LogP contribution < -0.4 is 16.2 Å². The van der Waals surface area contributed by atoms with Gasteiger partial charge in [0.05, 0.1) is 22.5 Å². The summed E-state index contributed by atoms with van der Waals surface area (Å²) in [6, 6.07) is 10.3. The summed E-state index contributed by atoms with van der Waals surface area (Å²) in [7, 11) is 0. The van der Waals surface area contributed by atoms with Gasteiger partial charge in [0.25, 0.3) is 5.56 Å². The molecule has 3 rings (SSSR count). The van der Waals surface area contributed by atoms with Gasteiger partial charge in [-0.1, -0.05) is 47.5 Å². The molecule has 2 aromatic carbocycles. The molecule has 2 amide bonds. The fourth-order valence-corrected chi connectivity index (χ4v) is 3.79. The summed E-state index contributed by atoms with van der Waals surface area (Å²) in [5.74, 6) is -1.47. The quantitative estimate of drug-likeness (QED) is 0.336.